The number of rotatable bonds is 1. The summed E-state index contributed by atoms with van der Waals surface area (Å²) in [6, 6.07) is 0. The molecule has 5 atom stereocenters. The second-order valence-electron chi connectivity index (χ2n) is 3.36. The van der Waals surface area contributed by atoms with Crippen LogP contribution >= 0.6 is 0 Å². The molecule has 0 aromatic heterocycles. The molecule has 1 fully saturated rings. The molecule has 0 bridgehead atoms. The van der Waals surface area contributed by atoms with Crippen molar-refractivity contribution in [1.82, 2.24) is 0 Å². The van der Waals surface area contributed by atoms with E-state index in [2.05, 4.69) is 4.74 Å². The van der Waals surface area contributed by atoms with E-state index in [4.69, 9.17) is 15.3 Å². The molecule has 1 aliphatic heterocycles. The van der Waals surface area contributed by atoms with Gasteiger partial charge in [-0.3, -0.25) is 0 Å². The van der Waals surface area contributed by atoms with Gasteiger partial charge in [0.25, 0.3) is 0 Å². The van der Waals surface area contributed by atoms with Crippen molar-refractivity contribution in [2.75, 3.05) is 6.61 Å². The number of hydrogen-bond donors (Lipinski definition) is 5. The zero-order chi connectivity index (χ0) is 10.2. The summed E-state index contributed by atoms with van der Waals surface area (Å²) in [5.74, 6) is 0. The van der Waals surface area contributed by atoms with Crippen molar-refractivity contribution in [3.63, 3.8) is 0 Å². The highest BCUT2D eigenvalue weighted by Gasteiger charge is 2.51. The van der Waals surface area contributed by atoms with Crippen molar-refractivity contribution in [1.29, 1.82) is 0 Å². The van der Waals surface area contributed by atoms with E-state index < -0.39 is 36.8 Å². The molecule has 0 aliphatic carbocycles. The van der Waals surface area contributed by atoms with Gasteiger partial charge in [0.2, 0.25) is 0 Å². The fraction of sp³-hybridized carbons (Fsp3) is 1.00. The molecule has 1 heterocycles. The Morgan fingerprint density at radius 2 is 1.85 bits per heavy atom. The number of ether oxygens (including phenoxy) is 1. The van der Waals surface area contributed by atoms with Gasteiger partial charge in [0.15, 0.2) is 6.29 Å². The van der Waals surface area contributed by atoms with Crippen molar-refractivity contribution in [2.45, 2.75) is 37.1 Å². The van der Waals surface area contributed by atoms with E-state index in [1.807, 2.05) is 0 Å². The second-order valence-corrected chi connectivity index (χ2v) is 3.36. The van der Waals surface area contributed by atoms with Crippen LogP contribution in [0, 0.1) is 0 Å². The Labute approximate surface area is 75.0 Å². The van der Waals surface area contributed by atoms with Crippen LogP contribution in [0.2, 0.25) is 0 Å². The van der Waals surface area contributed by atoms with Crippen LogP contribution in [0.1, 0.15) is 6.92 Å². The lowest BCUT2D eigenvalue weighted by atomic mass is 9.86. The van der Waals surface area contributed by atoms with Crippen molar-refractivity contribution in [3.8, 4) is 0 Å². The summed E-state index contributed by atoms with van der Waals surface area (Å²) in [5, 5.41) is 45.8. The van der Waals surface area contributed by atoms with Gasteiger partial charge in [-0.1, -0.05) is 0 Å². The first-order valence-corrected chi connectivity index (χ1v) is 3.94. The molecule has 6 nitrogen and oxygen atoms in total. The van der Waals surface area contributed by atoms with Crippen LogP contribution in [-0.2, 0) is 4.74 Å². The van der Waals surface area contributed by atoms with Crippen LogP contribution in [0.15, 0.2) is 0 Å². The number of aliphatic hydroxyl groups is 5. The van der Waals surface area contributed by atoms with E-state index in [-0.39, 0.29) is 0 Å². The molecule has 13 heavy (non-hydrogen) atoms. The van der Waals surface area contributed by atoms with Gasteiger partial charge in [0.1, 0.15) is 23.9 Å². The number of aliphatic hydroxyl groups excluding tert-OH is 4. The molecule has 5 N–H and O–H groups in total. The molecule has 0 aromatic rings. The molecule has 0 aromatic carbocycles. The summed E-state index contributed by atoms with van der Waals surface area (Å²) in [4.78, 5) is 0. The standard InChI is InChI=1S/C7H14O6/c1-7(12)3(2-8)13-6(11)4(9)5(7)10/h3-6,8-12H,2H2,1H3/t3-,4-,5-,6-,7-/m1/s1. The molecule has 1 saturated heterocycles. The van der Waals surface area contributed by atoms with Gasteiger partial charge in [0, 0.05) is 0 Å². The molecule has 0 amide bonds. The summed E-state index contributed by atoms with van der Waals surface area (Å²) in [6.45, 7) is 0.668. The van der Waals surface area contributed by atoms with E-state index in [0.29, 0.717) is 0 Å². The Bertz CT molecular complexity index is 178. The van der Waals surface area contributed by atoms with Gasteiger partial charge in [-0.2, -0.15) is 0 Å². The highest BCUT2D eigenvalue weighted by Crippen LogP contribution is 2.28. The third-order valence-corrected chi connectivity index (χ3v) is 2.34. The fourth-order valence-electron chi connectivity index (χ4n) is 1.31. The summed E-state index contributed by atoms with van der Waals surface area (Å²) in [6.07, 6.45) is -5.82. The monoisotopic (exact) mass is 194 g/mol. The largest absolute Gasteiger partial charge is 0.394 e. The van der Waals surface area contributed by atoms with Gasteiger partial charge < -0.3 is 30.3 Å². The Kier molecular flexibility index (Phi) is 2.91. The first-order chi connectivity index (χ1) is 5.91. The Morgan fingerprint density at radius 3 is 2.31 bits per heavy atom. The molecule has 0 spiro atoms. The van der Waals surface area contributed by atoms with E-state index in [1.54, 1.807) is 0 Å². The quantitative estimate of drug-likeness (QED) is 0.308. The average Bonchev–Trinajstić information content (AvgIpc) is 2.08. The lowest BCUT2D eigenvalue weighted by Gasteiger charge is -2.44. The minimum atomic E-state index is -1.77. The molecular formula is C7H14O6. The molecule has 0 unspecified atom stereocenters. The first kappa shape index (κ1) is 10.8. The van der Waals surface area contributed by atoms with Crippen LogP contribution in [0.5, 0.6) is 0 Å². The van der Waals surface area contributed by atoms with Crippen molar-refractivity contribution < 1.29 is 30.3 Å². The highest BCUT2D eigenvalue weighted by molar-refractivity contribution is 4.98. The molecule has 6 heteroatoms. The van der Waals surface area contributed by atoms with Crippen LogP contribution < -0.4 is 0 Å². The van der Waals surface area contributed by atoms with Crippen molar-refractivity contribution in [3.05, 3.63) is 0 Å². The zero-order valence-electron chi connectivity index (χ0n) is 7.16. The van der Waals surface area contributed by atoms with Gasteiger partial charge in [0.05, 0.1) is 6.61 Å². The summed E-state index contributed by atoms with van der Waals surface area (Å²) < 4.78 is 4.68. The van der Waals surface area contributed by atoms with Crippen LogP contribution in [0.4, 0.5) is 0 Å². The third kappa shape index (κ3) is 1.69. The molecule has 0 radical (unpaired) electrons. The van der Waals surface area contributed by atoms with Crippen LogP contribution in [0.3, 0.4) is 0 Å². The summed E-state index contributed by atoms with van der Waals surface area (Å²) >= 11 is 0. The van der Waals surface area contributed by atoms with E-state index >= 15 is 0 Å². The summed E-state index contributed by atoms with van der Waals surface area (Å²) in [5.41, 5.74) is -1.77. The number of hydrogen-bond acceptors (Lipinski definition) is 6. The van der Waals surface area contributed by atoms with Crippen molar-refractivity contribution in [2.24, 2.45) is 0 Å². The predicted octanol–water partition coefficient (Wildman–Crippen LogP) is -2.83. The van der Waals surface area contributed by atoms with Gasteiger partial charge >= 0.3 is 0 Å². The minimum absolute atomic E-state index is 0.548. The van der Waals surface area contributed by atoms with E-state index in [0.717, 1.165) is 0 Å². The predicted molar refractivity (Wildman–Crippen MR) is 40.6 cm³/mol. The SMILES string of the molecule is C[C@]1(O)[C@H](O)[C@@H](O)[C@H](O)O[C@@H]1CO. The average molecular weight is 194 g/mol. The second kappa shape index (κ2) is 3.49. The normalized spacial score (nSPS) is 52.2. The third-order valence-electron chi connectivity index (χ3n) is 2.34. The van der Waals surface area contributed by atoms with Crippen molar-refractivity contribution >= 4 is 0 Å². The maximum absolute atomic E-state index is 9.58. The molecule has 0 saturated carbocycles. The molecule has 1 aliphatic rings. The van der Waals surface area contributed by atoms with E-state index in [9.17, 15) is 10.2 Å². The fourth-order valence-corrected chi connectivity index (χ4v) is 1.31. The Hall–Kier alpha value is -0.240. The summed E-state index contributed by atoms with van der Waals surface area (Å²) in [7, 11) is 0. The topological polar surface area (TPSA) is 110 Å². The van der Waals surface area contributed by atoms with Gasteiger partial charge in [-0.15, -0.1) is 0 Å². The maximum Gasteiger partial charge on any atom is 0.184 e. The smallest absolute Gasteiger partial charge is 0.184 e. The highest BCUT2D eigenvalue weighted by atomic mass is 16.6. The van der Waals surface area contributed by atoms with Gasteiger partial charge in [-0.05, 0) is 6.92 Å². The first-order valence-electron chi connectivity index (χ1n) is 3.94. The van der Waals surface area contributed by atoms with Crippen LogP contribution in [-0.4, -0.2) is 62.3 Å². The zero-order valence-corrected chi connectivity index (χ0v) is 7.16. The lowest BCUT2D eigenvalue weighted by molar-refractivity contribution is -0.316. The van der Waals surface area contributed by atoms with Crippen LogP contribution in [0.25, 0.3) is 0 Å². The molecule has 1 rings (SSSR count). The Balaban J connectivity index is 2.82. The minimum Gasteiger partial charge on any atom is -0.394 e. The van der Waals surface area contributed by atoms with Gasteiger partial charge in [-0.25, -0.2) is 0 Å². The Morgan fingerprint density at radius 1 is 1.31 bits per heavy atom. The lowest BCUT2D eigenvalue weighted by Crippen LogP contribution is -2.65. The van der Waals surface area contributed by atoms with E-state index in [1.165, 1.54) is 6.92 Å². The molecule has 78 valence electrons. The maximum atomic E-state index is 9.58. The molecular weight excluding hydrogens is 180 g/mol.